The highest BCUT2D eigenvalue weighted by atomic mass is 79.9. The average Bonchev–Trinajstić information content (AvgIpc) is 2.50. The van der Waals surface area contributed by atoms with Gasteiger partial charge < -0.3 is 14.8 Å². The zero-order valence-corrected chi connectivity index (χ0v) is 13.1. The maximum Gasteiger partial charge on any atom is 0.237 e. The molecule has 1 heterocycles. The first kappa shape index (κ1) is 14.7. The lowest BCUT2D eigenvalue weighted by Crippen LogP contribution is -2.20. The molecular weight excluding hydrogens is 322 g/mol. The van der Waals surface area contributed by atoms with Crippen LogP contribution >= 0.6 is 15.9 Å². The van der Waals surface area contributed by atoms with Crippen molar-refractivity contribution < 1.29 is 9.47 Å². The van der Waals surface area contributed by atoms with E-state index in [2.05, 4.69) is 31.2 Å². The molecule has 0 aliphatic heterocycles. The largest absolute Gasteiger partial charge is 0.497 e. The summed E-state index contributed by atoms with van der Waals surface area (Å²) in [6.07, 6.45) is 3.26. The van der Waals surface area contributed by atoms with Gasteiger partial charge in [0.05, 0.1) is 20.3 Å². The average molecular weight is 338 g/mol. The van der Waals surface area contributed by atoms with Crippen molar-refractivity contribution in [3.8, 4) is 11.6 Å². The Morgan fingerprint density at radius 1 is 1.15 bits per heavy atom. The van der Waals surface area contributed by atoms with Gasteiger partial charge in [0.15, 0.2) is 0 Å². The SMILES string of the molecule is CNC(c1cc(OC)ccc1Br)c1nccnc1OC. The molecule has 2 rings (SSSR count). The zero-order chi connectivity index (χ0) is 14.5. The fraction of sp³-hybridized carbons (Fsp3) is 0.286. The second-order valence-electron chi connectivity index (χ2n) is 4.06. The number of rotatable bonds is 5. The highest BCUT2D eigenvalue weighted by molar-refractivity contribution is 9.10. The smallest absolute Gasteiger partial charge is 0.237 e. The minimum absolute atomic E-state index is 0.150. The third-order valence-electron chi connectivity index (χ3n) is 2.96. The van der Waals surface area contributed by atoms with E-state index in [1.807, 2.05) is 25.2 Å². The van der Waals surface area contributed by atoms with Crippen LogP contribution in [0, 0.1) is 0 Å². The first-order chi connectivity index (χ1) is 9.71. The Bertz CT molecular complexity index is 592. The first-order valence-corrected chi connectivity index (χ1v) is 6.86. The Labute approximate surface area is 126 Å². The summed E-state index contributed by atoms with van der Waals surface area (Å²) >= 11 is 3.56. The van der Waals surface area contributed by atoms with E-state index in [1.54, 1.807) is 26.6 Å². The van der Waals surface area contributed by atoms with E-state index in [9.17, 15) is 0 Å². The topological polar surface area (TPSA) is 56.3 Å². The Kier molecular flexibility index (Phi) is 4.92. The van der Waals surface area contributed by atoms with Crippen LogP contribution in [0.5, 0.6) is 11.6 Å². The molecule has 0 fully saturated rings. The molecule has 0 saturated carbocycles. The molecule has 1 aromatic carbocycles. The van der Waals surface area contributed by atoms with E-state index in [-0.39, 0.29) is 6.04 Å². The lowest BCUT2D eigenvalue weighted by atomic mass is 10.0. The van der Waals surface area contributed by atoms with Gasteiger partial charge in [0, 0.05) is 16.9 Å². The number of benzene rings is 1. The first-order valence-electron chi connectivity index (χ1n) is 6.06. The summed E-state index contributed by atoms with van der Waals surface area (Å²) in [7, 11) is 5.09. The predicted molar refractivity (Wildman–Crippen MR) is 80.2 cm³/mol. The van der Waals surface area contributed by atoms with Gasteiger partial charge >= 0.3 is 0 Å². The van der Waals surface area contributed by atoms with Crippen molar-refractivity contribution in [1.82, 2.24) is 15.3 Å². The lowest BCUT2D eigenvalue weighted by Gasteiger charge is -2.19. The summed E-state index contributed by atoms with van der Waals surface area (Å²) in [6.45, 7) is 0. The molecule has 6 heteroatoms. The Morgan fingerprint density at radius 2 is 1.90 bits per heavy atom. The van der Waals surface area contributed by atoms with Crippen molar-refractivity contribution in [2.24, 2.45) is 0 Å². The second-order valence-corrected chi connectivity index (χ2v) is 4.91. The lowest BCUT2D eigenvalue weighted by molar-refractivity contribution is 0.383. The summed E-state index contributed by atoms with van der Waals surface area (Å²) in [5, 5.41) is 3.23. The number of nitrogens with one attached hydrogen (secondary N) is 1. The number of hydrogen-bond donors (Lipinski definition) is 1. The van der Waals surface area contributed by atoms with Gasteiger partial charge in [-0.15, -0.1) is 0 Å². The van der Waals surface area contributed by atoms with Gasteiger partial charge in [0.25, 0.3) is 0 Å². The van der Waals surface area contributed by atoms with Gasteiger partial charge in [-0.1, -0.05) is 15.9 Å². The van der Waals surface area contributed by atoms with Crippen LogP contribution in [-0.2, 0) is 0 Å². The predicted octanol–water partition coefficient (Wildman–Crippen LogP) is 2.57. The molecule has 106 valence electrons. The molecule has 1 aromatic heterocycles. The fourth-order valence-electron chi connectivity index (χ4n) is 2.00. The van der Waals surface area contributed by atoms with Crippen LogP contribution in [0.15, 0.2) is 35.1 Å². The van der Waals surface area contributed by atoms with E-state index >= 15 is 0 Å². The molecule has 0 aliphatic rings. The summed E-state index contributed by atoms with van der Waals surface area (Å²) in [5.41, 5.74) is 1.73. The highest BCUT2D eigenvalue weighted by Crippen LogP contribution is 2.33. The van der Waals surface area contributed by atoms with Crippen LogP contribution < -0.4 is 14.8 Å². The fourth-order valence-corrected chi connectivity index (χ4v) is 2.48. The van der Waals surface area contributed by atoms with Crippen molar-refractivity contribution in [2.75, 3.05) is 21.3 Å². The number of halogens is 1. The summed E-state index contributed by atoms with van der Waals surface area (Å²) in [6, 6.07) is 5.65. The maximum atomic E-state index is 5.29. The van der Waals surface area contributed by atoms with Gasteiger partial charge in [-0.05, 0) is 30.8 Å². The van der Waals surface area contributed by atoms with Crippen molar-refractivity contribution in [1.29, 1.82) is 0 Å². The van der Waals surface area contributed by atoms with Gasteiger partial charge in [-0.2, -0.15) is 0 Å². The Hall–Kier alpha value is -1.66. The molecule has 0 bridgehead atoms. The van der Waals surface area contributed by atoms with Crippen LogP contribution in [0.4, 0.5) is 0 Å². The van der Waals surface area contributed by atoms with Crippen molar-refractivity contribution in [2.45, 2.75) is 6.04 Å². The second kappa shape index (κ2) is 6.67. The van der Waals surface area contributed by atoms with Crippen LogP contribution in [0.2, 0.25) is 0 Å². The molecule has 5 nitrogen and oxygen atoms in total. The van der Waals surface area contributed by atoms with Gasteiger partial charge in [0.2, 0.25) is 5.88 Å². The normalized spacial score (nSPS) is 12.0. The van der Waals surface area contributed by atoms with Gasteiger partial charge in [-0.3, -0.25) is 4.98 Å². The van der Waals surface area contributed by atoms with Crippen LogP contribution in [0.1, 0.15) is 17.3 Å². The minimum atomic E-state index is -0.150. The third-order valence-corrected chi connectivity index (χ3v) is 3.68. The monoisotopic (exact) mass is 337 g/mol. The molecule has 0 saturated heterocycles. The quantitative estimate of drug-likeness (QED) is 0.908. The Balaban J connectivity index is 2.52. The molecule has 0 amide bonds. The van der Waals surface area contributed by atoms with E-state index < -0.39 is 0 Å². The van der Waals surface area contributed by atoms with Crippen molar-refractivity contribution in [3.05, 3.63) is 46.3 Å². The van der Waals surface area contributed by atoms with Crippen LogP contribution in [0.3, 0.4) is 0 Å². The number of nitrogens with zero attached hydrogens (tertiary/aromatic N) is 2. The summed E-state index contributed by atoms with van der Waals surface area (Å²) < 4.78 is 11.5. The summed E-state index contributed by atoms with van der Waals surface area (Å²) in [5.74, 6) is 1.29. The Morgan fingerprint density at radius 3 is 2.55 bits per heavy atom. The van der Waals surface area contributed by atoms with Gasteiger partial charge in [-0.25, -0.2) is 4.98 Å². The van der Waals surface area contributed by atoms with Crippen molar-refractivity contribution in [3.63, 3.8) is 0 Å². The molecule has 0 spiro atoms. The third kappa shape index (κ3) is 2.91. The van der Waals surface area contributed by atoms with Crippen LogP contribution in [-0.4, -0.2) is 31.2 Å². The highest BCUT2D eigenvalue weighted by Gasteiger charge is 2.21. The number of methoxy groups -OCH3 is 2. The minimum Gasteiger partial charge on any atom is -0.497 e. The van der Waals surface area contributed by atoms with E-state index in [1.165, 1.54) is 0 Å². The standard InChI is InChI=1S/C14H16BrN3O2/c1-16-12(13-14(20-3)18-7-6-17-13)10-8-9(19-2)4-5-11(10)15/h4-8,12,16H,1-3H3. The van der Waals surface area contributed by atoms with Gasteiger partial charge in [0.1, 0.15) is 11.4 Å². The van der Waals surface area contributed by atoms with Crippen LogP contribution in [0.25, 0.3) is 0 Å². The van der Waals surface area contributed by atoms with E-state index in [4.69, 9.17) is 9.47 Å². The number of ether oxygens (including phenoxy) is 2. The zero-order valence-electron chi connectivity index (χ0n) is 11.6. The van der Waals surface area contributed by atoms with E-state index in [0.717, 1.165) is 21.5 Å². The molecule has 1 N–H and O–H groups in total. The number of hydrogen-bond acceptors (Lipinski definition) is 5. The molecular formula is C14H16BrN3O2. The molecule has 1 unspecified atom stereocenters. The molecule has 0 radical (unpaired) electrons. The molecule has 2 aromatic rings. The maximum absolute atomic E-state index is 5.29. The van der Waals surface area contributed by atoms with E-state index in [0.29, 0.717) is 5.88 Å². The molecule has 20 heavy (non-hydrogen) atoms. The summed E-state index contributed by atoms with van der Waals surface area (Å²) in [4.78, 5) is 8.57. The van der Waals surface area contributed by atoms with Crippen molar-refractivity contribution >= 4 is 15.9 Å². The molecule has 1 atom stereocenters. The molecule has 0 aliphatic carbocycles. The number of aromatic nitrogens is 2.